The number of carbonyl (C=O) groups excluding carboxylic acids is 1. The maximum absolute atomic E-state index is 12.4. The fourth-order valence-corrected chi connectivity index (χ4v) is 3.11. The molecule has 1 aromatic heterocycles. The maximum Gasteiger partial charge on any atom is 0.250 e. The number of benzene rings is 2. The third kappa shape index (κ3) is 4.04. The van der Waals surface area contributed by atoms with E-state index in [4.69, 9.17) is 16.3 Å². The second-order valence-corrected chi connectivity index (χ2v) is 6.71. The minimum Gasteiger partial charge on any atom is -0.488 e. The molecule has 0 bridgehead atoms. The summed E-state index contributed by atoms with van der Waals surface area (Å²) in [4.78, 5) is 12.4. The molecular formula is C21H18ClN3O2. The average Bonchev–Trinajstić information content (AvgIpc) is 3.17. The van der Waals surface area contributed by atoms with Gasteiger partial charge in [0.25, 0.3) is 5.91 Å². The third-order valence-electron chi connectivity index (χ3n) is 4.33. The van der Waals surface area contributed by atoms with Gasteiger partial charge in [0.1, 0.15) is 12.4 Å². The van der Waals surface area contributed by atoms with Crippen molar-refractivity contribution < 1.29 is 9.53 Å². The predicted octanol–water partition coefficient (Wildman–Crippen LogP) is 3.66. The van der Waals surface area contributed by atoms with Crippen molar-refractivity contribution in [1.82, 2.24) is 15.1 Å². The minimum atomic E-state index is -0.129. The van der Waals surface area contributed by atoms with Crippen LogP contribution in [0.2, 0.25) is 5.02 Å². The SMILES string of the molecule is O=C(NCCc1cnn(-c2ccccc2)c1)C1=Cc2cc(Cl)ccc2OC1. The second kappa shape index (κ2) is 7.68. The van der Waals surface area contributed by atoms with Crippen molar-refractivity contribution in [2.75, 3.05) is 13.2 Å². The summed E-state index contributed by atoms with van der Waals surface area (Å²) in [6, 6.07) is 15.3. The van der Waals surface area contributed by atoms with E-state index in [9.17, 15) is 4.79 Å². The van der Waals surface area contributed by atoms with Crippen LogP contribution < -0.4 is 10.1 Å². The monoisotopic (exact) mass is 379 g/mol. The smallest absolute Gasteiger partial charge is 0.250 e. The Kier molecular flexibility index (Phi) is 4.94. The van der Waals surface area contributed by atoms with E-state index in [1.807, 2.05) is 59.5 Å². The molecule has 27 heavy (non-hydrogen) atoms. The highest BCUT2D eigenvalue weighted by molar-refractivity contribution is 6.30. The van der Waals surface area contributed by atoms with Crippen molar-refractivity contribution in [3.05, 3.63) is 82.6 Å². The number of hydrogen-bond acceptors (Lipinski definition) is 3. The minimum absolute atomic E-state index is 0.129. The molecule has 1 aliphatic heterocycles. The highest BCUT2D eigenvalue weighted by atomic mass is 35.5. The van der Waals surface area contributed by atoms with Gasteiger partial charge in [-0.15, -0.1) is 0 Å². The summed E-state index contributed by atoms with van der Waals surface area (Å²) in [7, 11) is 0. The molecule has 2 heterocycles. The summed E-state index contributed by atoms with van der Waals surface area (Å²) in [5.41, 5.74) is 3.48. The number of hydrogen-bond donors (Lipinski definition) is 1. The predicted molar refractivity (Wildman–Crippen MR) is 105 cm³/mol. The first-order chi connectivity index (χ1) is 13.2. The van der Waals surface area contributed by atoms with Crippen LogP contribution in [0, 0.1) is 0 Å². The lowest BCUT2D eigenvalue weighted by Gasteiger charge is -2.17. The van der Waals surface area contributed by atoms with Crippen molar-refractivity contribution in [2.24, 2.45) is 0 Å². The van der Waals surface area contributed by atoms with Gasteiger partial charge >= 0.3 is 0 Å². The second-order valence-electron chi connectivity index (χ2n) is 6.28. The van der Waals surface area contributed by atoms with E-state index in [0.717, 1.165) is 22.6 Å². The number of ether oxygens (including phenoxy) is 1. The Labute approximate surface area is 162 Å². The van der Waals surface area contributed by atoms with E-state index in [2.05, 4.69) is 10.4 Å². The van der Waals surface area contributed by atoms with E-state index in [1.165, 1.54) is 0 Å². The summed E-state index contributed by atoms with van der Waals surface area (Å²) in [5.74, 6) is 0.611. The lowest BCUT2D eigenvalue weighted by atomic mass is 10.1. The van der Waals surface area contributed by atoms with Crippen LogP contribution in [-0.4, -0.2) is 28.8 Å². The molecule has 5 nitrogen and oxygen atoms in total. The molecular weight excluding hydrogens is 362 g/mol. The van der Waals surface area contributed by atoms with Crippen LogP contribution in [0.3, 0.4) is 0 Å². The van der Waals surface area contributed by atoms with Crippen LogP contribution in [-0.2, 0) is 11.2 Å². The fraction of sp³-hybridized carbons (Fsp3) is 0.143. The van der Waals surface area contributed by atoms with Gasteiger partial charge < -0.3 is 10.1 Å². The Bertz CT molecular complexity index is 996. The summed E-state index contributed by atoms with van der Waals surface area (Å²) in [6.45, 7) is 0.783. The largest absolute Gasteiger partial charge is 0.488 e. The molecule has 0 aliphatic carbocycles. The molecule has 2 aromatic carbocycles. The number of nitrogens with one attached hydrogen (secondary N) is 1. The average molecular weight is 380 g/mol. The van der Waals surface area contributed by atoms with Crippen molar-refractivity contribution in [1.29, 1.82) is 0 Å². The first-order valence-electron chi connectivity index (χ1n) is 8.69. The Morgan fingerprint density at radius 3 is 2.93 bits per heavy atom. The number of aromatic nitrogens is 2. The molecule has 0 radical (unpaired) electrons. The molecule has 3 aromatic rings. The van der Waals surface area contributed by atoms with Crippen molar-refractivity contribution >= 4 is 23.6 Å². The van der Waals surface area contributed by atoms with Crippen molar-refractivity contribution in [3.63, 3.8) is 0 Å². The van der Waals surface area contributed by atoms with Gasteiger partial charge in [-0.25, -0.2) is 4.68 Å². The van der Waals surface area contributed by atoms with Crippen LogP contribution in [0.4, 0.5) is 0 Å². The quantitative estimate of drug-likeness (QED) is 0.736. The van der Waals surface area contributed by atoms with E-state index in [1.54, 1.807) is 12.1 Å². The Morgan fingerprint density at radius 1 is 1.22 bits per heavy atom. The van der Waals surface area contributed by atoms with Crippen LogP contribution in [0.5, 0.6) is 5.75 Å². The molecule has 0 saturated heterocycles. The molecule has 0 fully saturated rings. The number of carbonyl (C=O) groups is 1. The van der Waals surface area contributed by atoms with E-state index >= 15 is 0 Å². The summed E-state index contributed by atoms with van der Waals surface area (Å²) in [6.07, 6.45) is 6.33. The third-order valence-corrected chi connectivity index (χ3v) is 4.57. The van der Waals surface area contributed by atoms with Gasteiger partial charge in [-0.3, -0.25) is 4.79 Å². The van der Waals surface area contributed by atoms with Gasteiger partial charge in [-0.05, 0) is 48.4 Å². The first-order valence-corrected chi connectivity index (χ1v) is 9.07. The van der Waals surface area contributed by atoms with Gasteiger partial charge in [-0.1, -0.05) is 29.8 Å². The van der Waals surface area contributed by atoms with Crippen molar-refractivity contribution in [3.8, 4) is 11.4 Å². The van der Waals surface area contributed by atoms with Crippen LogP contribution in [0.1, 0.15) is 11.1 Å². The zero-order chi connectivity index (χ0) is 18.6. The number of nitrogens with zero attached hydrogens (tertiary/aromatic N) is 2. The molecule has 6 heteroatoms. The Hall–Kier alpha value is -3.05. The number of fused-ring (bicyclic) bond motifs is 1. The molecule has 4 rings (SSSR count). The summed E-state index contributed by atoms with van der Waals surface area (Å²) < 4.78 is 7.46. The normalized spacial score (nSPS) is 12.7. The molecule has 1 aliphatic rings. The standard InChI is InChI=1S/C21H18ClN3O2/c22-18-6-7-20-16(11-18)10-17(14-27-20)21(26)23-9-8-15-12-24-25(13-15)19-4-2-1-3-5-19/h1-7,10-13H,8-9,14H2,(H,23,26). The van der Waals surface area contributed by atoms with Gasteiger partial charge in [0, 0.05) is 23.3 Å². The van der Waals surface area contributed by atoms with Gasteiger partial charge in [0.05, 0.1) is 17.5 Å². The number of halogens is 1. The van der Waals surface area contributed by atoms with Crippen LogP contribution in [0.15, 0.2) is 66.5 Å². The molecule has 1 N–H and O–H groups in total. The molecule has 136 valence electrons. The first kappa shape index (κ1) is 17.4. The molecule has 1 amide bonds. The lowest BCUT2D eigenvalue weighted by Crippen LogP contribution is -2.30. The van der Waals surface area contributed by atoms with Crippen molar-refractivity contribution in [2.45, 2.75) is 6.42 Å². The number of rotatable bonds is 5. The molecule has 0 unspecified atom stereocenters. The Morgan fingerprint density at radius 2 is 2.07 bits per heavy atom. The van der Waals surface area contributed by atoms with Crippen LogP contribution in [0.25, 0.3) is 11.8 Å². The zero-order valence-corrected chi connectivity index (χ0v) is 15.3. The lowest BCUT2D eigenvalue weighted by molar-refractivity contribution is -0.117. The highest BCUT2D eigenvalue weighted by Gasteiger charge is 2.17. The summed E-state index contributed by atoms with van der Waals surface area (Å²) in [5, 5.41) is 7.92. The van der Waals surface area contributed by atoms with Crippen LogP contribution >= 0.6 is 11.6 Å². The fourth-order valence-electron chi connectivity index (χ4n) is 2.92. The number of amides is 1. The van der Waals surface area contributed by atoms with E-state index in [-0.39, 0.29) is 12.5 Å². The number of para-hydroxylation sites is 1. The van der Waals surface area contributed by atoms with Gasteiger partial charge in [-0.2, -0.15) is 5.10 Å². The highest BCUT2D eigenvalue weighted by Crippen LogP contribution is 2.28. The topological polar surface area (TPSA) is 56.2 Å². The maximum atomic E-state index is 12.4. The summed E-state index contributed by atoms with van der Waals surface area (Å²) >= 11 is 6.01. The van der Waals surface area contributed by atoms with Gasteiger partial charge in [0.15, 0.2) is 0 Å². The van der Waals surface area contributed by atoms with Gasteiger partial charge in [0.2, 0.25) is 0 Å². The Balaban J connectivity index is 1.35. The van der Waals surface area contributed by atoms with E-state index < -0.39 is 0 Å². The molecule has 0 spiro atoms. The molecule has 0 saturated carbocycles. The molecule has 0 atom stereocenters. The van der Waals surface area contributed by atoms with E-state index in [0.29, 0.717) is 23.6 Å². The zero-order valence-electron chi connectivity index (χ0n) is 14.6.